The van der Waals surface area contributed by atoms with E-state index in [0.29, 0.717) is 23.5 Å². The van der Waals surface area contributed by atoms with Gasteiger partial charge in [-0.15, -0.1) is 0 Å². The Hall–Kier alpha value is -2.97. The summed E-state index contributed by atoms with van der Waals surface area (Å²) in [7, 11) is 0. The normalized spacial score (nSPS) is 14.2. The van der Waals surface area contributed by atoms with Gasteiger partial charge in [-0.25, -0.2) is 4.79 Å². The number of unbranched alkanes of at least 4 members (excludes halogenated alkanes) is 1. The lowest BCUT2D eigenvalue weighted by Gasteiger charge is -2.34. The highest BCUT2D eigenvalue weighted by Crippen LogP contribution is 2.34. The lowest BCUT2D eigenvalue weighted by molar-refractivity contribution is -0.138. The number of hydrogen-bond donors (Lipinski definition) is 3. The Balaban J connectivity index is 2.17. The fourth-order valence-electron chi connectivity index (χ4n) is 3.87. The fourth-order valence-corrected chi connectivity index (χ4v) is 3.87. The van der Waals surface area contributed by atoms with Crippen LogP contribution in [0.4, 0.5) is 4.79 Å². The minimum atomic E-state index is -1.06. The lowest BCUT2D eigenvalue weighted by Crippen LogP contribution is -2.55. The van der Waals surface area contributed by atoms with E-state index in [1.165, 1.54) is 0 Å². The number of benzene rings is 1. The van der Waals surface area contributed by atoms with Crippen molar-refractivity contribution in [1.82, 2.24) is 15.5 Å². The summed E-state index contributed by atoms with van der Waals surface area (Å²) in [6.07, 6.45) is 1.85. The molecule has 9 nitrogen and oxygen atoms in total. The molecule has 0 radical (unpaired) electrons. The topological polar surface area (TPSA) is 117 Å². The summed E-state index contributed by atoms with van der Waals surface area (Å²) in [4.78, 5) is 39.2. The second-order valence-electron chi connectivity index (χ2n) is 8.51. The number of fused-ring (bicyclic) bond motifs is 1. The maximum absolute atomic E-state index is 13.2. The Morgan fingerprint density at radius 3 is 2.31 bits per heavy atom. The zero-order chi connectivity index (χ0) is 23.8. The molecule has 3 N–H and O–H groups in total. The summed E-state index contributed by atoms with van der Waals surface area (Å²) in [5.74, 6) is -0.130. The number of ether oxygens (including phenoxy) is 2. The SMILES string of the molecule is CCCC[C@H](NC(=O)N[C@@H](CC(=O)O)c1ccc2c(c1)OCO2)C(=O)N(C(C)C)C(C)C. The predicted molar refractivity (Wildman–Crippen MR) is 120 cm³/mol. The minimum absolute atomic E-state index is 0.00937. The number of aliphatic carboxylic acids is 1. The van der Waals surface area contributed by atoms with Gasteiger partial charge in [0.25, 0.3) is 0 Å². The van der Waals surface area contributed by atoms with Crippen LogP contribution in [-0.4, -0.2) is 52.8 Å². The van der Waals surface area contributed by atoms with Gasteiger partial charge in [-0.1, -0.05) is 25.8 Å². The second-order valence-corrected chi connectivity index (χ2v) is 8.51. The molecule has 0 aliphatic carbocycles. The van der Waals surface area contributed by atoms with Crippen LogP contribution in [-0.2, 0) is 9.59 Å². The van der Waals surface area contributed by atoms with Crippen molar-refractivity contribution in [2.75, 3.05) is 6.79 Å². The van der Waals surface area contributed by atoms with Crippen LogP contribution in [0, 0.1) is 0 Å². The van der Waals surface area contributed by atoms with Crippen LogP contribution >= 0.6 is 0 Å². The monoisotopic (exact) mass is 449 g/mol. The molecule has 32 heavy (non-hydrogen) atoms. The zero-order valence-electron chi connectivity index (χ0n) is 19.5. The van der Waals surface area contributed by atoms with Gasteiger partial charge in [-0.05, 0) is 51.8 Å². The number of carbonyl (C=O) groups is 3. The average Bonchev–Trinajstić information content (AvgIpc) is 3.17. The molecule has 178 valence electrons. The van der Waals surface area contributed by atoms with E-state index in [1.807, 2.05) is 34.6 Å². The van der Waals surface area contributed by atoms with E-state index in [9.17, 15) is 19.5 Å². The number of nitrogens with zero attached hydrogens (tertiary/aromatic N) is 1. The molecule has 9 heteroatoms. The fraction of sp³-hybridized carbons (Fsp3) is 0.609. The van der Waals surface area contributed by atoms with Gasteiger partial charge in [0, 0.05) is 12.1 Å². The molecule has 1 aromatic rings. The summed E-state index contributed by atoms with van der Waals surface area (Å²) < 4.78 is 10.7. The van der Waals surface area contributed by atoms with Gasteiger partial charge in [0.15, 0.2) is 11.5 Å². The second kappa shape index (κ2) is 11.6. The third-order valence-electron chi connectivity index (χ3n) is 5.30. The first-order valence-electron chi connectivity index (χ1n) is 11.1. The van der Waals surface area contributed by atoms with Crippen molar-refractivity contribution in [2.24, 2.45) is 0 Å². The van der Waals surface area contributed by atoms with Gasteiger partial charge in [0.05, 0.1) is 12.5 Å². The molecule has 1 aliphatic rings. The summed E-state index contributed by atoms with van der Waals surface area (Å²) in [5, 5.41) is 14.8. The molecule has 0 bridgehead atoms. The van der Waals surface area contributed by atoms with Crippen molar-refractivity contribution in [1.29, 1.82) is 0 Å². The van der Waals surface area contributed by atoms with Crippen LogP contribution in [0.3, 0.4) is 0 Å². The molecule has 1 aliphatic heterocycles. The first-order chi connectivity index (χ1) is 15.1. The molecule has 2 rings (SSSR count). The Labute approximate surface area is 189 Å². The molecule has 2 atom stereocenters. The van der Waals surface area contributed by atoms with Gasteiger partial charge in [0.1, 0.15) is 6.04 Å². The van der Waals surface area contributed by atoms with Crippen molar-refractivity contribution in [2.45, 2.75) is 84.5 Å². The van der Waals surface area contributed by atoms with Gasteiger partial charge in [-0.2, -0.15) is 0 Å². The first-order valence-corrected chi connectivity index (χ1v) is 11.1. The lowest BCUT2D eigenvalue weighted by atomic mass is 10.0. The number of carboxylic acids is 1. The molecular weight excluding hydrogens is 414 g/mol. The molecule has 0 saturated heterocycles. The van der Waals surface area contributed by atoms with Crippen LogP contribution in [0.1, 0.15) is 71.9 Å². The average molecular weight is 450 g/mol. The molecular formula is C23H35N3O6. The van der Waals surface area contributed by atoms with Crippen LogP contribution in [0.2, 0.25) is 0 Å². The molecule has 0 spiro atoms. The van der Waals surface area contributed by atoms with E-state index in [2.05, 4.69) is 10.6 Å². The van der Waals surface area contributed by atoms with Gasteiger partial charge >= 0.3 is 12.0 Å². The van der Waals surface area contributed by atoms with Crippen LogP contribution < -0.4 is 20.1 Å². The van der Waals surface area contributed by atoms with Crippen molar-refractivity contribution >= 4 is 17.9 Å². The summed E-state index contributed by atoms with van der Waals surface area (Å²) in [6, 6.07) is 2.95. The highest BCUT2D eigenvalue weighted by atomic mass is 16.7. The molecule has 1 aromatic carbocycles. The highest BCUT2D eigenvalue weighted by Gasteiger charge is 2.30. The minimum Gasteiger partial charge on any atom is -0.481 e. The largest absolute Gasteiger partial charge is 0.481 e. The maximum Gasteiger partial charge on any atom is 0.315 e. The van der Waals surface area contributed by atoms with E-state index in [0.717, 1.165) is 12.8 Å². The molecule has 0 fully saturated rings. The third kappa shape index (κ3) is 6.77. The van der Waals surface area contributed by atoms with Gasteiger partial charge in [0.2, 0.25) is 12.7 Å². The first kappa shape index (κ1) is 25.3. The Bertz CT molecular complexity index is 803. The Morgan fingerprint density at radius 2 is 1.72 bits per heavy atom. The van der Waals surface area contributed by atoms with E-state index in [-0.39, 0.29) is 31.2 Å². The smallest absolute Gasteiger partial charge is 0.315 e. The Morgan fingerprint density at radius 1 is 1.06 bits per heavy atom. The van der Waals surface area contributed by atoms with E-state index in [4.69, 9.17) is 9.47 Å². The number of amides is 3. The van der Waals surface area contributed by atoms with Crippen LogP contribution in [0.5, 0.6) is 11.5 Å². The summed E-state index contributed by atoms with van der Waals surface area (Å²) >= 11 is 0. The van der Waals surface area contributed by atoms with Crippen molar-refractivity contribution < 1.29 is 29.0 Å². The van der Waals surface area contributed by atoms with E-state index < -0.39 is 24.1 Å². The van der Waals surface area contributed by atoms with Crippen molar-refractivity contribution in [3.63, 3.8) is 0 Å². The quantitative estimate of drug-likeness (QED) is 0.476. The standard InChI is InChI=1S/C23H35N3O6/c1-6-7-8-17(22(29)26(14(2)3)15(4)5)24-23(30)25-18(12-21(27)28)16-9-10-19-20(11-16)32-13-31-19/h9-11,14-15,17-18H,6-8,12-13H2,1-5H3,(H,27,28)(H2,24,25,30)/t17-,18-/m0/s1. The number of carboxylic acid groups (broad SMARTS) is 1. The Kier molecular flexibility index (Phi) is 9.16. The summed E-state index contributed by atoms with van der Waals surface area (Å²) in [5.41, 5.74) is 0.578. The molecule has 0 saturated carbocycles. The van der Waals surface area contributed by atoms with Crippen molar-refractivity contribution in [3.8, 4) is 11.5 Å². The number of nitrogens with one attached hydrogen (secondary N) is 2. The van der Waals surface area contributed by atoms with E-state index >= 15 is 0 Å². The molecule has 0 aromatic heterocycles. The summed E-state index contributed by atoms with van der Waals surface area (Å²) in [6.45, 7) is 9.88. The molecule has 1 heterocycles. The number of urea groups is 1. The van der Waals surface area contributed by atoms with E-state index in [1.54, 1.807) is 23.1 Å². The highest BCUT2D eigenvalue weighted by molar-refractivity contribution is 5.87. The number of carbonyl (C=O) groups excluding carboxylic acids is 2. The van der Waals surface area contributed by atoms with Gasteiger partial charge < -0.3 is 30.1 Å². The molecule has 0 unspecified atom stereocenters. The van der Waals surface area contributed by atoms with Crippen molar-refractivity contribution in [3.05, 3.63) is 23.8 Å². The van der Waals surface area contributed by atoms with Crippen LogP contribution in [0.15, 0.2) is 18.2 Å². The maximum atomic E-state index is 13.2. The molecule has 3 amide bonds. The number of rotatable bonds is 11. The predicted octanol–water partition coefficient (Wildman–Crippen LogP) is 3.43. The third-order valence-corrected chi connectivity index (χ3v) is 5.30. The number of hydrogen-bond acceptors (Lipinski definition) is 5. The van der Waals surface area contributed by atoms with Gasteiger partial charge in [-0.3, -0.25) is 9.59 Å². The van der Waals surface area contributed by atoms with Crippen LogP contribution in [0.25, 0.3) is 0 Å². The zero-order valence-corrected chi connectivity index (χ0v) is 19.5.